The minimum absolute atomic E-state index is 0.0657. The molecule has 0 radical (unpaired) electrons. The number of piperazine rings is 1. The number of rotatable bonds is 14. The molecule has 25 heavy (non-hydrogen) atoms. The van der Waals surface area contributed by atoms with Crippen LogP contribution in [0.2, 0.25) is 0 Å². The summed E-state index contributed by atoms with van der Waals surface area (Å²) in [5.41, 5.74) is 0. The van der Waals surface area contributed by atoms with Gasteiger partial charge in [0.2, 0.25) is 11.8 Å². The summed E-state index contributed by atoms with van der Waals surface area (Å²) < 4.78 is 0. The number of carbonyl (C=O) groups is 3. The van der Waals surface area contributed by atoms with Crippen LogP contribution in [0.5, 0.6) is 0 Å². The molecule has 6 nitrogen and oxygen atoms in total. The van der Waals surface area contributed by atoms with Crippen LogP contribution in [0.15, 0.2) is 0 Å². The van der Waals surface area contributed by atoms with Gasteiger partial charge in [0.05, 0.1) is 6.54 Å². The fourth-order valence-corrected chi connectivity index (χ4v) is 3.42. The van der Waals surface area contributed by atoms with Crippen molar-refractivity contribution in [3.05, 3.63) is 0 Å². The molecule has 2 amide bonds. The van der Waals surface area contributed by atoms with Gasteiger partial charge < -0.3 is 15.7 Å². The Morgan fingerprint density at radius 2 is 1.64 bits per heavy atom. The van der Waals surface area contributed by atoms with Crippen molar-refractivity contribution in [3.63, 3.8) is 0 Å². The first kappa shape index (κ1) is 21.5. The first-order valence-electron chi connectivity index (χ1n) is 9.83. The van der Waals surface area contributed by atoms with E-state index in [0.717, 1.165) is 38.5 Å². The highest BCUT2D eigenvalue weighted by atomic mass is 16.4. The van der Waals surface area contributed by atoms with Crippen LogP contribution in [-0.2, 0) is 14.4 Å². The van der Waals surface area contributed by atoms with Gasteiger partial charge in [-0.05, 0) is 25.2 Å². The summed E-state index contributed by atoms with van der Waals surface area (Å²) in [5, 5.41) is 14.2. The molecule has 0 aromatic rings. The normalized spacial score (nSPS) is 18.5. The van der Waals surface area contributed by atoms with E-state index in [2.05, 4.69) is 17.6 Å². The molecule has 3 N–H and O–H groups in total. The number of carbonyl (C=O) groups excluding carboxylic acids is 2. The van der Waals surface area contributed by atoms with Gasteiger partial charge in [-0.1, -0.05) is 58.3 Å². The van der Waals surface area contributed by atoms with Gasteiger partial charge in [-0.2, -0.15) is 0 Å². The molecule has 1 saturated heterocycles. The van der Waals surface area contributed by atoms with E-state index in [1.165, 1.54) is 25.7 Å². The highest BCUT2D eigenvalue weighted by molar-refractivity contribution is 5.94. The van der Waals surface area contributed by atoms with E-state index in [1.54, 1.807) is 0 Å². The number of carboxylic acid groups (broad SMARTS) is 1. The lowest BCUT2D eigenvalue weighted by molar-refractivity contribution is -0.137. The van der Waals surface area contributed by atoms with E-state index in [4.69, 9.17) is 5.11 Å². The minimum atomic E-state index is -0.744. The molecule has 1 heterocycles. The zero-order valence-electron chi connectivity index (χ0n) is 15.5. The highest BCUT2D eigenvalue weighted by Gasteiger charge is 2.32. The summed E-state index contributed by atoms with van der Waals surface area (Å²) in [4.78, 5) is 34.3. The molecule has 0 aliphatic carbocycles. The summed E-state index contributed by atoms with van der Waals surface area (Å²) >= 11 is 0. The maximum absolute atomic E-state index is 12.1. The van der Waals surface area contributed by atoms with Gasteiger partial charge in [-0.25, -0.2) is 0 Å². The van der Waals surface area contributed by atoms with E-state index in [9.17, 15) is 14.4 Å². The van der Waals surface area contributed by atoms with Crippen LogP contribution in [0.3, 0.4) is 0 Å². The molecule has 144 valence electrons. The molecular weight excluding hydrogens is 320 g/mol. The lowest BCUT2D eigenvalue weighted by Crippen LogP contribution is -2.58. The Kier molecular flexibility index (Phi) is 10.9. The number of unbranched alkanes of at least 4 members (excludes halogenated alkanes) is 7. The van der Waals surface area contributed by atoms with Gasteiger partial charge in [0.15, 0.2) is 0 Å². The predicted octanol–water partition coefficient (Wildman–Crippen LogP) is 3.00. The Morgan fingerprint density at radius 3 is 2.24 bits per heavy atom. The molecule has 0 aromatic heterocycles. The molecule has 1 rings (SSSR count). The van der Waals surface area contributed by atoms with Crippen LogP contribution < -0.4 is 10.6 Å². The third-order valence-electron chi connectivity index (χ3n) is 4.89. The molecule has 0 aromatic carbocycles. The van der Waals surface area contributed by atoms with E-state index in [1.807, 2.05) is 0 Å². The lowest BCUT2D eigenvalue weighted by Gasteiger charge is -2.30. The minimum Gasteiger partial charge on any atom is -0.481 e. The highest BCUT2D eigenvalue weighted by Crippen LogP contribution is 2.23. The summed E-state index contributed by atoms with van der Waals surface area (Å²) in [6.07, 6.45) is 11.6. The SMILES string of the molecule is CCCCCCCC(CCCCCCC(=O)O)C1NC(=O)CNC1=O. The number of aliphatic carboxylic acids is 1. The molecule has 0 spiro atoms. The van der Waals surface area contributed by atoms with Crippen molar-refractivity contribution >= 4 is 17.8 Å². The standard InChI is InChI=1S/C19H34N2O4/c1-2-3-4-5-8-11-15(12-9-6-7-10-13-17(23)24)18-19(25)20-14-16(22)21-18/h15,18H,2-14H2,1H3,(H,20,25)(H,21,22)(H,23,24). The average molecular weight is 354 g/mol. The summed E-state index contributed by atoms with van der Waals surface area (Å²) in [5.74, 6) is -0.747. The maximum atomic E-state index is 12.1. The number of amides is 2. The Hall–Kier alpha value is -1.59. The van der Waals surface area contributed by atoms with Crippen molar-refractivity contribution in [2.75, 3.05) is 6.54 Å². The zero-order chi connectivity index (χ0) is 18.5. The van der Waals surface area contributed by atoms with Crippen molar-refractivity contribution in [2.24, 2.45) is 5.92 Å². The molecule has 2 atom stereocenters. The second-order valence-electron chi connectivity index (χ2n) is 7.07. The van der Waals surface area contributed by atoms with Crippen LogP contribution in [0.1, 0.15) is 84.0 Å². The average Bonchev–Trinajstić information content (AvgIpc) is 2.58. The summed E-state index contributed by atoms with van der Waals surface area (Å²) in [6, 6.07) is -0.411. The smallest absolute Gasteiger partial charge is 0.303 e. The number of nitrogens with one attached hydrogen (secondary N) is 2. The fraction of sp³-hybridized carbons (Fsp3) is 0.842. The molecule has 6 heteroatoms. The molecule has 1 fully saturated rings. The van der Waals surface area contributed by atoms with Crippen molar-refractivity contribution in [1.29, 1.82) is 0 Å². The number of carboxylic acids is 1. The molecule has 2 unspecified atom stereocenters. The van der Waals surface area contributed by atoms with Crippen molar-refractivity contribution < 1.29 is 19.5 Å². The third kappa shape index (κ3) is 9.46. The first-order chi connectivity index (χ1) is 12.0. The fourth-order valence-electron chi connectivity index (χ4n) is 3.42. The van der Waals surface area contributed by atoms with E-state index >= 15 is 0 Å². The molecule has 0 saturated carbocycles. The third-order valence-corrected chi connectivity index (χ3v) is 4.89. The Balaban J connectivity index is 2.39. The van der Waals surface area contributed by atoms with Crippen LogP contribution in [0, 0.1) is 5.92 Å². The largest absolute Gasteiger partial charge is 0.481 e. The topological polar surface area (TPSA) is 95.5 Å². The van der Waals surface area contributed by atoms with Crippen molar-refractivity contribution in [3.8, 4) is 0 Å². The van der Waals surface area contributed by atoms with Gasteiger partial charge in [-0.15, -0.1) is 0 Å². The van der Waals surface area contributed by atoms with E-state index < -0.39 is 12.0 Å². The Labute approximate surface area is 151 Å². The van der Waals surface area contributed by atoms with Gasteiger partial charge in [0.25, 0.3) is 0 Å². The predicted molar refractivity (Wildman–Crippen MR) is 97.1 cm³/mol. The second kappa shape index (κ2) is 12.7. The summed E-state index contributed by atoms with van der Waals surface area (Å²) in [6.45, 7) is 2.27. The van der Waals surface area contributed by atoms with Crippen molar-refractivity contribution in [1.82, 2.24) is 10.6 Å². The Bertz CT molecular complexity index is 426. The molecule has 1 aliphatic heterocycles. The molecular formula is C19H34N2O4. The van der Waals surface area contributed by atoms with Crippen LogP contribution in [-0.4, -0.2) is 35.5 Å². The van der Waals surface area contributed by atoms with E-state index in [-0.39, 0.29) is 30.7 Å². The van der Waals surface area contributed by atoms with Crippen LogP contribution in [0.4, 0.5) is 0 Å². The van der Waals surface area contributed by atoms with Crippen molar-refractivity contribution in [2.45, 2.75) is 90.0 Å². The van der Waals surface area contributed by atoms with Gasteiger partial charge in [-0.3, -0.25) is 14.4 Å². The maximum Gasteiger partial charge on any atom is 0.303 e. The second-order valence-corrected chi connectivity index (χ2v) is 7.07. The quantitative estimate of drug-likeness (QED) is 0.418. The van der Waals surface area contributed by atoms with Gasteiger partial charge in [0, 0.05) is 6.42 Å². The lowest BCUT2D eigenvalue weighted by atomic mass is 9.86. The first-order valence-corrected chi connectivity index (χ1v) is 9.83. The van der Waals surface area contributed by atoms with Gasteiger partial charge >= 0.3 is 5.97 Å². The molecule has 1 aliphatic rings. The Morgan fingerprint density at radius 1 is 1.04 bits per heavy atom. The number of hydrogen-bond donors (Lipinski definition) is 3. The van der Waals surface area contributed by atoms with Crippen LogP contribution in [0.25, 0.3) is 0 Å². The summed E-state index contributed by atoms with van der Waals surface area (Å²) in [7, 11) is 0. The van der Waals surface area contributed by atoms with E-state index in [0.29, 0.717) is 6.42 Å². The monoisotopic (exact) mass is 354 g/mol. The van der Waals surface area contributed by atoms with Crippen LogP contribution >= 0.6 is 0 Å². The molecule has 0 bridgehead atoms. The van der Waals surface area contributed by atoms with Gasteiger partial charge in [0.1, 0.15) is 6.04 Å². The zero-order valence-corrected chi connectivity index (χ0v) is 15.5. The number of hydrogen-bond acceptors (Lipinski definition) is 3.